The van der Waals surface area contributed by atoms with Crippen molar-refractivity contribution in [1.29, 1.82) is 0 Å². The molecule has 1 aliphatic carbocycles. The van der Waals surface area contributed by atoms with Gasteiger partial charge in [-0.05, 0) is 37.8 Å². The standard InChI is InChI=1S/C16H24N6O/c1-15(2,3)14-17-11(10-23-14)9-22-6-4-16(5-7-22)8-12(16)13-18-20-21-19-13/h10,12H,4-9H2,1-3H3,(H,18,19,20,21). The number of tetrazole rings is 1. The third kappa shape index (κ3) is 2.78. The van der Waals surface area contributed by atoms with Gasteiger partial charge in [-0.25, -0.2) is 4.98 Å². The number of aromatic amines is 1. The molecule has 124 valence electrons. The van der Waals surface area contributed by atoms with Crippen molar-refractivity contribution in [3.05, 3.63) is 23.7 Å². The number of aromatic nitrogens is 5. The molecule has 2 aliphatic rings. The maximum absolute atomic E-state index is 5.63. The molecule has 23 heavy (non-hydrogen) atoms. The summed E-state index contributed by atoms with van der Waals surface area (Å²) < 4.78 is 5.63. The van der Waals surface area contributed by atoms with E-state index in [4.69, 9.17) is 4.42 Å². The topological polar surface area (TPSA) is 83.7 Å². The third-order valence-corrected chi connectivity index (χ3v) is 5.29. The summed E-state index contributed by atoms with van der Waals surface area (Å²) >= 11 is 0. The number of H-pyrrole nitrogens is 1. The van der Waals surface area contributed by atoms with Gasteiger partial charge in [0.25, 0.3) is 0 Å². The number of likely N-dealkylation sites (tertiary alicyclic amines) is 1. The Labute approximate surface area is 135 Å². The number of hydrogen-bond acceptors (Lipinski definition) is 6. The molecule has 7 nitrogen and oxygen atoms in total. The summed E-state index contributed by atoms with van der Waals surface area (Å²) in [5.41, 5.74) is 1.42. The van der Waals surface area contributed by atoms with Crippen molar-refractivity contribution in [3.63, 3.8) is 0 Å². The zero-order valence-electron chi connectivity index (χ0n) is 14.0. The van der Waals surface area contributed by atoms with Crippen LogP contribution in [-0.4, -0.2) is 43.6 Å². The fraction of sp³-hybridized carbons (Fsp3) is 0.750. The molecule has 0 radical (unpaired) electrons. The quantitative estimate of drug-likeness (QED) is 0.935. The predicted octanol–water partition coefficient (Wildman–Crippen LogP) is 2.25. The summed E-state index contributed by atoms with van der Waals surface area (Å²) in [6, 6.07) is 0. The Morgan fingerprint density at radius 2 is 2.13 bits per heavy atom. The average Bonchev–Trinajstić information content (AvgIpc) is 2.92. The first-order chi connectivity index (χ1) is 11.0. The van der Waals surface area contributed by atoms with Crippen LogP contribution in [0.4, 0.5) is 0 Å². The Morgan fingerprint density at radius 1 is 1.35 bits per heavy atom. The van der Waals surface area contributed by atoms with Gasteiger partial charge in [0.05, 0.1) is 5.69 Å². The van der Waals surface area contributed by atoms with Crippen LogP contribution in [-0.2, 0) is 12.0 Å². The molecule has 1 unspecified atom stereocenters. The first kappa shape index (κ1) is 14.8. The van der Waals surface area contributed by atoms with Gasteiger partial charge in [-0.3, -0.25) is 4.90 Å². The van der Waals surface area contributed by atoms with Gasteiger partial charge in [-0.2, -0.15) is 5.21 Å². The van der Waals surface area contributed by atoms with Crippen LogP contribution in [0.3, 0.4) is 0 Å². The molecule has 1 N–H and O–H groups in total. The molecule has 0 bridgehead atoms. The van der Waals surface area contributed by atoms with Crippen molar-refractivity contribution in [3.8, 4) is 0 Å². The highest BCUT2D eigenvalue weighted by atomic mass is 16.3. The van der Waals surface area contributed by atoms with Gasteiger partial charge in [-0.1, -0.05) is 26.0 Å². The van der Waals surface area contributed by atoms with Gasteiger partial charge in [0.2, 0.25) is 0 Å². The molecular formula is C16H24N6O. The Hall–Kier alpha value is -1.76. The molecule has 1 saturated carbocycles. The maximum atomic E-state index is 5.63. The summed E-state index contributed by atoms with van der Waals surface area (Å²) in [4.78, 5) is 7.12. The zero-order valence-corrected chi connectivity index (χ0v) is 14.0. The molecule has 1 saturated heterocycles. The lowest BCUT2D eigenvalue weighted by atomic mass is 9.90. The molecule has 2 aromatic heterocycles. The molecule has 7 heteroatoms. The van der Waals surface area contributed by atoms with E-state index in [2.05, 4.69) is 51.3 Å². The second kappa shape index (κ2) is 5.12. The second-order valence-corrected chi connectivity index (χ2v) is 8.06. The van der Waals surface area contributed by atoms with Crippen LogP contribution < -0.4 is 0 Å². The van der Waals surface area contributed by atoms with E-state index in [-0.39, 0.29) is 5.41 Å². The highest BCUT2D eigenvalue weighted by molar-refractivity contribution is 5.18. The van der Waals surface area contributed by atoms with Crippen molar-refractivity contribution in [2.75, 3.05) is 13.1 Å². The van der Waals surface area contributed by atoms with E-state index in [1.54, 1.807) is 0 Å². The van der Waals surface area contributed by atoms with Crippen molar-refractivity contribution in [2.45, 2.75) is 57.9 Å². The van der Waals surface area contributed by atoms with E-state index >= 15 is 0 Å². The van der Waals surface area contributed by atoms with Crippen molar-refractivity contribution < 1.29 is 4.42 Å². The lowest BCUT2D eigenvalue weighted by Gasteiger charge is -2.32. The van der Waals surface area contributed by atoms with Crippen LogP contribution in [0.1, 0.15) is 63.4 Å². The molecule has 1 aliphatic heterocycles. The third-order valence-electron chi connectivity index (χ3n) is 5.29. The number of nitrogens with zero attached hydrogens (tertiary/aromatic N) is 5. The summed E-state index contributed by atoms with van der Waals surface area (Å²) in [6.07, 6.45) is 5.43. The van der Waals surface area contributed by atoms with Gasteiger partial charge in [0, 0.05) is 17.9 Å². The smallest absolute Gasteiger partial charge is 0.199 e. The van der Waals surface area contributed by atoms with E-state index in [1.807, 2.05) is 6.26 Å². The van der Waals surface area contributed by atoms with Crippen LogP contribution >= 0.6 is 0 Å². The fourth-order valence-corrected chi connectivity index (χ4v) is 3.69. The van der Waals surface area contributed by atoms with E-state index < -0.39 is 0 Å². The summed E-state index contributed by atoms with van der Waals surface area (Å²) in [7, 11) is 0. The largest absolute Gasteiger partial charge is 0.448 e. The van der Waals surface area contributed by atoms with Crippen molar-refractivity contribution >= 4 is 0 Å². The van der Waals surface area contributed by atoms with Crippen LogP contribution in [0.25, 0.3) is 0 Å². The van der Waals surface area contributed by atoms with Crippen molar-refractivity contribution in [1.82, 2.24) is 30.5 Å². The Bertz CT molecular complexity index is 663. The molecular weight excluding hydrogens is 292 g/mol. The minimum atomic E-state index is -0.0317. The lowest BCUT2D eigenvalue weighted by molar-refractivity contribution is 0.160. The summed E-state index contributed by atoms with van der Waals surface area (Å²) in [5.74, 6) is 2.22. The molecule has 3 heterocycles. The molecule has 1 atom stereocenters. The van der Waals surface area contributed by atoms with Gasteiger partial charge >= 0.3 is 0 Å². The number of piperidine rings is 1. The van der Waals surface area contributed by atoms with Crippen molar-refractivity contribution in [2.24, 2.45) is 5.41 Å². The minimum Gasteiger partial charge on any atom is -0.448 e. The Morgan fingerprint density at radius 3 is 2.74 bits per heavy atom. The van der Waals surface area contributed by atoms with E-state index in [0.717, 1.165) is 37.0 Å². The lowest BCUT2D eigenvalue weighted by Crippen LogP contribution is -2.34. The average molecular weight is 316 g/mol. The van der Waals surface area contributed by atoms with Crippen LogP contribution in [0, 0.1) is 5.41 Å². The number of oxazole rings is 1. The van der Waals surface area contributed by atoms with E-state index in [1.165, 1.54) is 19.3 Å². The molecule has 2 fully saturated rings. The minimum absolute atomic E-state index is 0.0317. The predicted molar refractivity (Wildman–Crippen MR) is 83.7 cm³/mol. The Kier molecular flexibility index (Phi) is 3.30. The molecule has 0 amide bonds. The number of rotatable bonds is 3. The van der Waals surface area contributed by atoms with Gasteiger partial charge in [0.15, 0.2) is 11.7 Å². The van der Waals surface area contributed by atoms with Gasteiger partial charge in [-0.15, -0.1) is 10.2 Å². The normalized spacial score (nSPS) is 24.2. The molecule has 1 spiro atoms. The van der Waals surface area contributed by atoms with E-state index in [9.17, 15) is 0 Å². The highest BCUT2D eigenvalue weighted by Gasteiger charge is 2.57. The van der Waals surface area contributed by atoms with E-state index in [0.29, 0.717) is 11.3 Å². The van der Waals surface area contributed by atoms with Gasteiger partial charge in [0.1, 0.15) is 6.26 Å². The molecule has 4 rings (SSSR count). The zero-order chi connectivity index (χ0) is 16.1. The molecule has 2 aromatic rings. The first-order valence-electron chi connectivity index (χ1n) is 8.37. The van der Waals surface area contributed by atoms with Crippen LogP contribution in [0.5, 0.6) is 0 Å². The number of hydrogen-bond donors (Lipinski definition) is 1. The monoisotopic (exact) mass is 316 g/mol. The summed E-state index contributed by atoms with van der Waals surface area (Å²) in [6.45, 7) is 9.45. The number of nitrogens with one attached hydrogen (secondary N) is 1. The first-order valence-corrected chi connectivity index (χ1v) is 8.37. The maximum Gasteiger partial charge on any atom is 0.199 e. The SMILES string of the molecule is CC(C)(C)c1nc(CN2CCC3(CC2)CC3c2nn[nH]n2)co1. The van der Waals surface area contributed by atoms with Crippen LogP contribution in [0.2, 0.25) is 0 Å². The molecule has 0 aromatic carbocycles. The fourth-order valence-electron chi connectivity index (χ4n) is 3.69. The van der Waals surface area contributed by atoms with Gasteiger partial charge < -0.3 is 4.42 Å². The Balaban J connectivity index is 1.33. The summed E-state index contributed by atoms with van der Waals surface area (Å²) in [5, 5.41) is 14.6. The highest BCUT2D eigenvalue weighted by Crippen LogP contribution is 2.64. The second-order valence-electron chi connectivity index (χ2n) is 8.06. The van der Waals surface area contributed by atoms with Crippen LogP contribution in [0.15, 0.2) is 10.7 Å².